The lowest BCUT2D eigenvalue weighted by molar-refractivity contribution is 0.0171. The molecule has 2 unspecified atom stereocenters. The van der Waals surface area contributed by atoms with E-state index in [0.717, 1.165) is 32.3 Å². The standard InChI is InChI=1S/C15H29NO2/c1-12(2)16-11-15(6-9-18-13(15)3)10-14-4-7-17-8-5-14/h12-14,16H,4-11H2,1-3H3. The maximum atomic E-state index is 5.87. The highest BCUT2D eigenvalue weighted by Crippen LogP contribution is 2.42. The second-order valence-electron chi connectivity index (χ2n) is 6.42. The van der Waals surface area contributed by atoms with Crippen LogP contribution in [0.25, 0.3) is 0 Å². The van der Waals surface area contributed by atoms with Gasteiger partial charge in [0.1, 0.15) is 0 Å². The van der Waals surface area contributed by atoms with Crippen molar-refractivity contribution in [3.05, 3.63) is 0 Å². The van der Waals surface area contributed by atoms with Gasteiger partial charge in [-0.3, -0.25) is 0 Å². The molecule has 2 saturated heterocycles. The van der Waals surface area contributed by atoms with Crippen molar-refractivity contribution in [3.63, 3.8) is 0 Å². The van der Waals surface area contributed by atoms with Crippen LogP contribution in [0.5, 0.6) is 0 Å². The first-order valence-electron chi connectivity index (χ1n) is 7.55. The minimum atomic E-state index is 0.353. The van der Waals surface area contributed by atoms with Crippen molar-refractivity contribution in [3.8, 4) is 0 Å². The summed E-state index contributed by atoms with van der Waals surface area (Å²) in [5, 5.41) is 3.64. The molecule has 2 fully saturated rings. The summed E-state index contributed by atoms with van der Waals surface area (Å²) in [6.45, 7) is 10.6. The van der Waals surface area contributed by atoms with E-state index >= 15 is 0 Å². The monoisotopic (exact) mass is 255 g/mol. The highest BCUT2D eigenvalue weighted by Gasteiger charge is 2.42. The van der Waals surface area contributed by atoms with E-state index < -0.39 is 0 Å². The maximum Gasteiger partial charge on any atom is 0.0616 e. The number of hydrogen-bond donors (Lipinski definition) is 1. The molecule has 2 aliphatic rings. The molecule has 0 aromatic carbocycles. The predicted octanol–water partition coefficient (Wildman–Crippen LogP) is 2.60. The van der Waals surface area contributed by atoms with Gasteiger partial charge >= 0.3 is 0 Å². The van der Waals surface area contributed by atoms with Crippen LogP contribution in [0.1, 0.15) is 46.5 Å². The Bertz CT molecular complexity index is 251. The van der Waals surface area contributed by atoms with E-state index in [4.69, 9.17) is 9.47 Å². The Labute approximate surface area is 112 Å². The molecule has 3 nitrogen and oxygen atoms in total. The van der Waals surface area contributed by atoms with Crippen molar-refractivity contribution in [1.29, 1.82) is 0 Å². The van der Waals surface area contributed by atoms with Gasteiger partial charge in [0.15, 0.2) is 0 Å². The summed E-state index contributed by atoms with van der Waals surface area (Å²) >= 11 is 0. The Morgan fingerprint density at radius 2 is 1.94 bits per heavy atom. The second kappa shape index (κ2) is 6.36. The predicted molar refractivity (Wildman–Crippen MR) is 73.8 cm³/mol. The Hall–Kier alpha value is -0.120. The van der Waals surface area contributed by atoms with Gasteiger partial charge in [-0.1, -0.05) is 13.8 Å². The van der Waals surface area contributed by atoms with Gasteiger partial charge in [0.25, 0.3) is 0 Å². The third-order valence-corrected chi connectivity index (χ3v) is 4.73. The van der Waals surface area contributed by atoms with Gasteiger partial charge in [0.2, 0.25) is 0 Å². The van der Waals surface area contributed by atoms with Crippen molar-refractivity contribution in [2.24, 2.45) is 11.3 Å². The van der Waals surface area contributed by atoms with E-state index in [2.05, 4.69) is 26.1 Å². The molecular formula is C15H29NO2. The molecule has 0 saturated carbocycles. The Balaban J connectivity index is 1.95. The smallest absolute Gasteiger partial charge is 0.0616 e. The molecule has 0 amide bonds. The van der Waals surface area contributed by atoms with E-state index in [1.54, 1.807) is 0 Å². The Kier molecular flexibility index (Phi) is 5.05. The highest BCUT2D eigenvalue weighted by molar-refractivity contribution is 4.93. The topological polar surface area (TPSA) is 30.5 Å². The van der Waals surface area contributed by atoms with Crippen LogP contribution in [0.3, 0.4) is 0 Å². The van der Waals surface area contributed by atoms with Crippen LogP contribution in [0, 0.1) is 11.3 Å². The summed E-state index contributed by atoms with van der Waals surface area (Å²) in [7, 11) is 0. The zero-order valence-electron chi connectivity index (χ0n) is 12.2. The molecule has 2 rings (SSSR count). The maximum absolute atomic E-state index is 5.87. The summed E-state index contributed by atoms with van der Waals surface area (Å²) in [6, 6.07) is 0.560. The fraction of sp³-hybridized carbons (Fsp3) is 1.00. The summed E-state index contributed by atoms with van der Waals surface area (Å²) < 4.78 is 11.3. The molecule has 3 heteroatoms. The van der Waals surface area contributed by atoms with Crippen LogP contribution in [0.4, 0.5) is 0 Å². The third kappa shape index (κ3) is 3.46. The van der Waals surface area contributed by atoms with Gasteiger partial charge in [-0.2, -0.15) is 0 Å². The van der Waals surface area contributed by atoms with E-state index in [9.17, 15) is 0 Å². The number of nitrogens with one attached hydrogen (secondary N) is 1. The average Bonchev–Trinajstić information content (AvgIpc) is 2.70. The van der Waals surface area contributed by atoms with E-state index in [-0.39, 0.29) is 0 Å². The second-order valence-corrected chi connectivity index (χ2v) is 6.42. The number of ether oxygens (including phenoxy) is 2. The van der Waals surface area contributed by atoms with Crippen LogP contribution in [-0.4, -0.2) is 38.5 Å². The molecule has 0 aromatic rings. The summed E-state index contributed by atoms with van der Waals surface area (Å²) in [4.78, 5) is 0. The SMILES string of the molecule is CC(C)NCC1(CC2CCOCC2)CCOC1C. The van der Waals surface area contributed by atoms with Gasteiger partial charge in [-0.05, 0) is 38.5 Å². The van der Waals surface area contributed by atoms with Gasteiger partial charge in [-0.15, -0.1) is 0 Å². The quantitative estimate of drug-likeness (QED) is 0.819. The molecule has 106 valence electrons. The first-order chi connectivity index (χ1) is 8.62. The molecular weight excluding hydrogens is 226 g/mol. The normalized spacial score (nSPS) is 34.3. The third-order valence-electron chi connectivity index (χ3n) is 4.73. The van der Waals surface area contributed by atoms with Gasteiger partial charge in [0.05, 0.1) is 6.10 Å². The lowest BCUT2D eigenvalue weighted by Gasteiger charge is -2.37. The van der Waals surface area contributed by atoms with E-state index in [1.165, 1.54) is 25.7 Å². The molecule has 18 heavy (non-hydrogen) atoms. The Morgan fingerprint density at radius 3 is 2.50 bits per heavy atom. The lowest BCUT2D eigenvalue weighted by Crippen LogP contribution is -2.43. The van der Waals surface area contributed by atoms with Crippen LogP contribution >= 0.6 is 0 Å². The van der Waals surface area contributed by atoms with Crippen molar-refractivity contribution in [1.82, 2.24) is 5.32 Å². The van der Waals surface area contributed by atoms with Crippen LogP contribution in [0.2, 0.25) is 0 Å². The zero-order chi connectivity index (χ0) is 13.0. The summed E-state index contributed by atoms with van der Waals surface area (Å²) in [6.07, 6.45) is 5.38. The van der Waals surface area contributed by atoms with E-state index in [1.807, 2.05) is 0 Å². The van der Waals surface area contributed by atoms with Gasteiger partial charge in [0, 0.05) is 37.8 Å². The first kappa shape index (κ1) is 14.3. The number of rotatable bonds is 5. The van der Waals surface area contributed by atoms with Gasteiger partial charge in [-0.25, -0.2) is 0 Å². The minimum Gasteiger partial charge on any atom is -0.381 e. The molecule has 0 aliphatic carbocycles. The fourth-order valence-electron chi connectivity index (χ4n) is 3.32. The fourth-order valence-corrected chi connectivity index (χ4v) is 3.32. The lowest BCUT2D eigenvalue weighted by atomic mass is 9.72. The van der Waals surface area contributed by atoms with Crippen molar-refractivity contribution < 1.29 is 9.47 Å². The van der Waals surface area contributed by atoms with Crippen molar-refractivity contribution in [2.45, 2.75) is 58.6 Å². The summed E-state index contributed by atoms with van der Waals surface area (Å²) in [5.41, 5.74) is 0.353. The van der Waals surface area contributed by atoms with Gasteiger partial charge < -0.3 is 14.8 Å². The molecule has 2 heterocycles. The Morgan fingerprint density at radius 1 is 1.22 bits per heavy atom. The largest absolute Gasteiger partial charge is 0.381 e. The van der Waals surface area contributed by atoms with Crippen molar-refractivity contribution >= 4 is 0 Å². The molecule has 0 radical (unpaired) electrons. The van der Waals surface area contributed by atoms with Crippen LogP contribution in [0.15, 0.2) is 0 Å². The van der Waals surface area contributed by atoms with Crippen LogP contribution in [-0.2, 0) is 9.47 Å². The number of hydrogen-bond acceptors (Lipinski definition) is 3. The van der Waals surface area contributed by atoms with Crippen molar-refractivity contribution in [2.75, 3.05) is 26.4 Å². The molecule has 2 atom stereocenters. The van der Waals surface area contributed by atoms with E-state index in [0.29, 0.717) is 17.6 Å². The van der Waals surface area contributed by atoms with Crippen LogP contribution < -0.4 is 5.32 Å². The average molecular weight is 255 g/mol. The highest BCUT2D eigenvalue weighted by atomic mass is 16.5. The molecule has 2 aliphatic heterocycles. The zero-order valence-corrected chi connectivity index (χ0v) is 12.2. The molecule has 0 bridgehead atoms. The molecule has 0 spiro atoms. The first-order valence-corrected chi connectivity index (χ1v) is 7.55. The summed E-state index contributed by atoms with van der Waals surface area (Å²) in [5.74, 6) is 0.830. The molecule has 1 N–H and O–H groups in total. The minimum absolute atomic E-state index is 0.353. The molecule has 0 aromatic heterocycles.